The van der Waals surface area contributed by atoms with Gasteiger partial charge in [-0.25, -0.2) is 0 Å². The second kappa shape index (κ2) is 2.91. The first-order valence-corrected chi connectivity index (χ1v) is 4.33. The molecular weight excluding hydrogens is 124 g/mol. The van der Waals surface area contributed by atoms with Crippen molar-refractivity contribution < 1.29 is 4.37 Å². The van der Waals surface area contributed by atoms with E-state index in [1.807, 2.05) is 0 Å². The van der Waals surface area contributed by atoms with Crippen LogP contribution in [0.15, 0.2) is 0 Å². The Labute approximate surface area is 64.1 Å². The molecule has 0 aromatic rings. The Morgan fingerprint density at radius 3 is 1.70 bits per heavy atom. The first kappa shape index (κ1) is 8.06. The first-order valence-electron chi connectivity index (χ1n) is 4.33. The maximum atomic E-state index is 3.42. The molecule has 2 atom stereocenters. The molecule has 0 aromatic carbocycles. The molecule has 1 nitrogen and oxygen atoms in total. The highest BCUT2D eigenvalue weighted by atomic mass is 16.7. The average molecular weight is 143 g/mol. The Morgan fingerprint density at radius 2 is 1.50 bits per heavy atom. The monoisotopic (exact) mass is 143 g/mol. The van der Waals surface area contributed by atoms with E-state index in [1.165, 1.54) is 12.8 Å². The summed E-state index contributed by atoms with van der Waals surface area (Å²) in [7, 11) is 0. The van der Waals surface area contributed by atoms with Crippen LogP contribution in [0.1, 0.15) is 40.5 Å². The fourth-order valence-corrected chi connectivity index (χ4v) is 2.07. The Morgan fingerprint density at radius 1 is 1.10 bits per heavy atom. The maximum Gasteiger partial charge on any atom is 0.153 e. The zero-order chi connectivity index (χ0) is 7.72. The molecule has 1 aliphatic heterocycles. The van der Waals surface area contributed by atoms with Crippen molar-refractivity contribution >= 4 is 0 Å². The van der Waals surface area contributed by atoms with Crippen LogP contribution in [-0.2, 0) is 4.37 Å². The van der Waals surface area contributed by atoms with Crippen LogP contribution in [0.5, 0.6) is 0 Å². The highest BCUT2D eigenvalue weighted by Gasteiger charge is 2.35. The fraction of sp³-hybridized carbons (Fsp3) is 1.00. The van der Waals surface area contributed by atoms with Crippen molar-refractivity contribution in [2.24, 2.45) is 0 Å². The van der Waals surface area contributed by atoms with Crippen molar-refractivity contribution in [3.05, 3.63) is 0 Å². The largest absolute Gasteiger partial charge is 0.416 e. The molecule has 10 heavy (non-hydrogen) atoms. The van der Waals surface area contributed by atoms with Crippen molar-refractivity contribution in [1.82, 2.24) is 0 Å². The number of hydrogen-bond donors (Lipinski definition) is 0. The van der Waals surface area contributed by atoms with Gasteiger partial charge in [0.05, 0.1) is 0 Å². The molecule has 0 amide bonds. The molecule has 0 aliphatic carbocycles. The van der Waals surface area contributed by atoms with Crippen molar-refractivity contribution in [2.75, 3.05) is 0 Å². The van der Waals surface area contributed by atoms with Gasteiger partial charge in [0.25, 0.3) is 0 Å². The molecule has 60 valence electrons. The molecule has 1 aliphatic rings. The van der Waals surface area contributed by atoms with Crippen LogP contribution >= 0.6 is 0 Å². The summed E-state index contributed by atoms with van der Waals surface area (Å²) in [5.41, 5.74) is 0. The molecule has 0 spiro atoms. The minimum atomic E-state index is 0.646. The Kier molecular flexibility index (Phi) is 2.35. The van der Waals surface area contributed by atoms with E-state index in [0.717, 1.165) is 12.2 Å². The van der Waals surface area contributed by atoms with E-state index in [0.29, 0.717) is 6.10 Å². The minimum absolute atomic E-state index is 0.646. The molecular formula is C9H19O+. The van der Waals surface area contributed by atoms with Gasteiger partial charge in [0.1, 0.15) is 6.10 Å². The fourth-order valence-electron chi connectivity index (χ4n) is 2.07. The lowest BCUT2D eigenvalue weighted by atomic mass is 10.2. The van der Waals surface area contributed by atoms with Gasteiger partial charge in [-0.15, -0.1) is 0 Å². The van der Waals surface area contributed by atoms with Gasteiger partial charge >= 0.3 is 0 Å². The molecule has 1 rings (SSSR count). The van der Waals surface area contributed by atoms with Gasteiger partial charge in [0.15, 0.2) is 12.2 Å². The van der Waals surface area contributed by atoms with E-state index < -0.39 is 0 Å². The van der Waals surface area contributed by atoms with Gasteiger partial charge in [-0.05, 0) is 0 Å². The van der Waals surface area contributed by atoms with Crippen molar-refractivity contribution in [1.29, 1.82) is 0 Å². The Bertz CT molecular complexity index is 99.3. The van der Waals surface area contributed by atoms with Crippen molar-refractivity contribution in [2.45, 2.75) is 58.8 Å². The molecule has 1 saturated heterocycles. The molecule has 1 fully saturated rings. The molecule has 1 heterocycles. The van der Waals surface area contributed by atoms with Crippen molar-refractivity contribution in [3.8, 4) is 0 Å². The van der Waals surface area contributed by atoms with E-state index in [-0.39, 0.29) is 0 Å². The molecule has 0 aromatic heterocycles. The van der Waals surface area contributed by atoms with Gasteiger partial charge < -0.3 is 4.37 Å². The predicted octanol–water partition coefficient (Wildman–Crippen LogP) is 2.52. The van der Waals surface area contributed by atoms with E-state index >= 15 is 0 Å². The Balaban J connectivity index is 2.54. The predicted molar refractivity (Wildman–Crippen MR) is 44.4 cm³/mol. The normalized spacial score (nSPS) is 35.7. The number of hydrogen-bond acceptors (Lipinski definition) is 0. The highest BCUT2D eigenvalue weighted by Crippen LogP contribution is 2.30. The SMILES string of the molecule is CC(C)[O+]1[C@H](C)CC[C@@H]1C. The van der Waals surface area contributed by atoms with Crippen LogP contribution in [0.25, 0.3) is 0 Å². The van der Waals surface area contributed by atoms with Gasteiger partial charge in [0.2, 0.25) is 0 Å². The molecule has 0 N–H and O–H groups in total. The standard InChI is InChI=1S/C9H19O/c1-7(2)10-8(3)5-6-9(10)4/h7-9H,5-6H2,1-4H3/q+1/t8-,9+. The van der Waals surface area contributed by atoms with Crippen molar-refractivity contribution in [3.63, 3.8) is 0 Å². The van der Waals surface area contributed by atoms with E-state index in [4.69, 9.17) is 0 Å². The third-order valence-electron chi connectivity index (χ3n) is 2.45. The third kappa shape index (κ3) is 1.34. The first-order chi connectivity index (χ1) is 4.63. The van der Waals surface area contributed by atoms with Crippen LogP contribution in [0.4, 0.5) is 0 Å². The lowest BCUT2D eigenvalue weighted by molar-refractivity contribution is -0.225. The molecule has 0 unspecified atom stereocenters. The second-order valence-corrected chi connectivity index (χ2v) is 3.66. The zero-order valence-electron chi connectivity index (χ0n) is 7.55. The quantitative estimate of drug-likeness (QED) is 0.496. The third-order valence-corrected chi connectivity index (χ3v) is 2.45. The summed E-state index contributed by atoms with van der Waals surface area (Å²) in [4.78, 5) is 0. The summed E-state index contributed by atoms with van der Waals surface area (Å²) in [5.74, 6) is 0. The summed E-state index contributed by atoms with van der Waals surface area (Å²) >= 11 is 0. The summed E-state index contributed by atoms with van der Waals surface area (Å²) in [6.07, 6.45) is 4.81. The summed E-state index contributed by atoms with van der Waals surface area (Å²) < 4.78 is 3.42. The smallest absolute Gasteiger partial charge is 0.153 e. The van der Waals surface area contributed by atoms with Crippen LogP contribution in [0, 0.1) is 0 Å². The van der Waals surface area contributed by atoms with Crippen LogP contribution in [0.2, 0.25) is 0 Å². The second-order valence-electron chi connectivity index (χ2n) is 3.66. The summed E-state index contributed by atoms with van der Waals surface area (Å²) in [6, 6.07) is 0. The van der Waals surface area contributed by atoms with Gasteiger partial charge in [-0.2, -0.15) is 0 Å². The Hall–Kier alpha value is -0.0400. The van der Waals surface area contributed by atoms with Gasteiger partial charge in [-0.3, -0.25) is 0 Å². The van der Waals surface area contributed by atoms with Crippen LogP contribution < -0.4 is 0 Å². The summed E-state index contributed by atoms with van der Waals surface area (Å²) in [6.45, 7) is 9.11. The van der Waals surface area contributed by atoms with Crippen LogP contribution in [-0.4, -0.2) is 18.3 Å². The zero-order valence-corrected chi connectivity index (χ0v) is 7.55. The number of rotatable bonds is 1. The lowest BCUT2D eigenvalue weighted by Crippen LogP contribution is -2.29. The van der Waals surface area contributed by atoms with E-state index in [2.05, 4.69) is 32.1 Å². The minimum Gasteiger partial charge on any atom is -0.416 e. The molecule has 0 bridgehead atoms. The summed E-state index contributed by atoms with van der Waals surface area (Å²) in [5, 5.41) is 0. The van der Waals surface area contributed by atoms with Gasteiger partial charge in [0, 0.05) is 40.5 Å². The molecule has 1 heteroatoms. The van der Waals surface area contributed by atoms with E-state index in [1.54, 1.807) is 0 Å². The maximum absolute atomic E-state index is 3.42. The average Bonchev–Trinajstić information content (AvgIpc) is 2.11. The van der Waals surface area contributed by atoms with Gasteiger partial charge in [-0.1, -0.05) is 0 Å². The molecule has 0 radical (unpaired) electrons. The topological polar surface area (TPSA) is 2.70 Å². The lowest BCUT2D eigenvalue weighted by Gasteiger charge is -2.26. The van der Waals surface area contributed by atoms with Crippen LogP contribution in [0.3, 0.4) is 0 Å². The van der Waals surface area contributed by atoms with E-state index in [9.17, 15) is 0 Å². The molecule has 0 saturated carbocycles. The highest BCUT2D eigenvalue weighted by molar-refractivity contribution is 4.73.